The Balaban J connectivity index is 2.34. The van der Waals surface area contributed by atoms with Crippen molar-refractivity contribution in [3.05, 3.63) is 51.2 Å². The first-order chi connectivity index (χ1) is 9.31. The molecule has 1 aromatic carbocycles. The van der Waals surface area contributed by atoms with Crippen LogP contribution in [-0.2, 0) is 10.0 Å². The maximum absolute atomic E-state index is 12.5. The highest BCUT2D eigenvalue weighted by atomic mass is 32.2. The molecule has 0 aliphatic carbocycles. The van der Waals surface area contributed by atoms with E-state index in [1.165, 1.54) is 0 Å². The van der Waals surface area contributed by atoms with E-state index in [1.54, 1.807) is 17.4 Å². The van der Waals surface area contributed by atoms with Gasteiger partial charge in [0, 0.05) is 4.88 Å². The van der Waals surface area contributed by atoms with Crippen molar-refractivity contribution in [3.63, 3.8) is 0 Å². The van der Waals surface area contributed by atoms with Crippen molar-refractivity contribution in [2.24, 2.45) is 0 Å². The Morgan fingerprint density at radius 1 is 1.10 bits per heavy atom. The molecule has 20 heavy (non-hydrogen) atoms. The minimum Gasteiger partial charge on any atom is -0.207 e. The Hall–Kier alpha value is -1.17. The summed E-state index contributed by atoms with van der Waals surface area (Å²) >= 11 is 1.55. The lowest BCUT2D eigenvalue weighted by molar-refractivity contribution is 0.568. The number of hydrogen-bond donors (Lipinski definition) is 1. The molecule has 5 heteroatoms. The summed E-state index contributed by atoms with van der Waals surface area (Å²) in [5.74, 6) is 0. The van der Waals surface area contributed by atoms with Gasteiger partial charge in [-0.05, 0) is 61.9 Å². The molecule has 1 N–H and O–H groups in total. The van der Waals surface area contributed by atoms with E-state index < -0.39 is 10.0 Å². The van der Waals surface area contributed by atoms with E-state index in [4.69, 9.17) is 0 Å². The highest BCUT2D eigenvalue weighted by Crippen LogP contribution is 2.24. The van der Waals surface area contributed by atoms with Crippen LogP contribution in [0.2, 0.25) is 0 Å². The Labute approximate surface area is 124 Å². The number of thiophene rings is 1. The first-order valence-corrected chi connectivity index (χ1v) is 8.81. The van der Waals surface area contributed by atoms with E-state index in [9.17, 15) is 8.42 Å². The van der Waals surface area contributed by atoms with Crippen LogP contribution in [0, 0.1) is 20.8 Å². The van der Waals surface area contributed by atoms with Gasteiger partial charge in [0.15, 0.2) is 0 Å². The molecule has 1 aromatic heterocycles. The van der Waals surface area contributed by atoms with Crippen LogP contribution in [0.4, 0.5) is 0 Å². The number of benzene rings is 1. The normalized spacial score (nSPS) is 13.4. The SMILES string of the molecule is Cc1cc(C)c(S(=O)(=O)N[C@H](C)c2cccs2)cc1C. The van der Waals surface area contributed by atoms with Crippen molar-refractivity contribution in [1.82, 2.24) is 4.72 Å². The smallest absolute Gasteiger partial charge is 0.207 e. The lowest BCUT2D eigenvalue weighted by atomic mass is 10.1. The van der Waals surface area contributed by atoms with Gasteiger partial charge < -0.3 is 0 Å². The van der Waals surface area contributed by atoms with E-state index in [0.717, 1.165) is 21.6 Å². The molecular weight excluding hydrogens is 290 g/mol. The Morgan fingerprint density at radius 3 is 2.35 bits per heavy atom. The number of rotatable bonds is 4. The van der Waals surface area contributed by atoms with Gasteiger partial charge in [-0.3, -0.25) is 0 Å². The van der Waals surface area contributed by atoms with Crippen molar-refractivity contribution < 1.29 is 8.42 Å². The average Bonchev–Trinajstić information content (AvgIpc) is 2.86. The van der Waals surface area contributed by atoms with E-state index in [0.29, 0.717) is 4.90 Å². The Bertz CT molecular complexity index is 704. The molecule has 0 saturated carbocycles. The van der Waals surface area contributed by atoms with Crippen molar-refractivity contribution >= 4 is 21.4 Å². The van der Waals surface area contributed by atoms with E-state index in [1.807, 2.05) is 51.3 Å². The van der Waals surface area contributed by atoms with Crippen LogP contribution >= 0.6 is 11.3 Å². The Kier molecular flexibility index (Phi) is 4.32. The van der Waals surface area contributed by atoms with Crippen LogP contribution in [0.1, 0.15) is 34.5 Å². The van der Waals surface area contributed by atoms with Crippen LogP contribution in [0.5, 0.6) is 0 Å². The lowest BCUT2D eigenvalue weighted by Crippen LogP contribution is -2.27. The van der Waals surface area contributed by atoms with Crippen molar-refractivity contribution in [2.45, 2.75) is 38.6 Å². The second-order valence-corrected chi connectivity index (χ2v) is 7.72. The van der Waals surface area contributed by atoms with Crippen molar-refractivity contribution in [1.29, 1.82) is 0 Å². The van der Waals surface area contributed by atoms with Crippen LogP contribution in [0.3, 0.4) is 0 Å². The van der Waals surface area contributed by atoms with Crippen molar-refractivity contribution in [2.75, 3.05) is 0 Å². The monoisotopic (exact) mass is 309 g/mol. The zero-order chi connectivity index (χ0) is 14.9. The summed E-state index contributed by atoms with van der Waals surface area (Å²) < 4.78 is 27.8. The number of hydrogen-bond acceptors (Lipinski definition) is 3. The summed E-state index contributed by atoms with van der Waals surface area (Å²) in [6.45, 7) is 7.60. The molecule has 0 unspecified atom stereocenters. The Morgan fingerprint density at radius 2 is 1.75 bits per heavy atom. The van der Waals surface area contributed by atoms with E-state index in [2.05, 4.69) is 4.72 Å². The molecule has 0 fully saturated rings. The molecule has 3 nitrogen and oxygen atoms in total. The van der Waals surface area contributed by atoms with Crippen LogP contribution < -0.4 is 4.72 Å². The molecule has 0 amide bonds. The zero-order valence-corrected chi connectivity index (χ0v) is 13.7. The molecule has 1 heterocycles. The van der Waals surface area contributed by atoms with Gasteiger partial charge >= 0.3 is 0 Å². The summed E-state index contributed by atoms with van der Waals surface area (Å²) in [7, 11) is -3.50. The first-order valence-electron chi connectivity index (χ1n) is 6.45. The van der Waals surface area contributed by atoms with Crippen molar-refractivity contribution in [3.8, 4) is 0 Å². The number of nitrogens with one attached hydrogen (secondary N) is 1. The summed E-state index contributed by atoms with van der Waals surface area (Å²) in [4.78, 5) is 1.37. The quantitative estimate of drug-likeness (QED) is 0.935. The fourth-order valence-electron chi connectivity index (χ4n) is 2.12. The number of sulfonamides is 1. The maximum Gasteiger partial charge on any atom is 0.241 e. The van der Waals surface area contributed by atoms with Gasteiger partial charge in [0.05, 0.1) is 10.9 Å². The molecule has 0 radical (unpaired) electrons. The average molecular weight is 309 g/mol. The van der Waals surface area contributed by atoms with Gasteiger partial charge in [-0.25, -0.2) is 13.1 Å². The third kappa shape index (κ3) is 3.11. The molecule has 0 saturated heterocycles. The molecule has 0 aliphatic rings. The van der Waals surface area contributed by atoms with Gasteiger partial charge in [-0.15, -0.1) is 11.3 Å². The maximum atomic E-state index is 12.5. The second kappa shape index (κ2) is 5.68. The van der Waals surface area contributed by atoms with Gasteiger partial charge in [-0.2, -0.15) is 0 Å². The van der Waals surface area contributed by atoms with Gasteiger partial charge in [0.2, 0.25) is 10.0 Å². The van der Waals surface area contributed by atoms with Crippen LogP contribution in [0.25, 0.3) is 0 Å². The molecule has 2 aromatic rings. The summed E-state index contributed by atoms with van der Waals surface area (Å²) in [5, 5.41) is 1.95. The second-order valence-electron chi connectivity index (χ2n) is 5.06. The summed E-state index contributed by atoms with van der Waals surface area (Å²) in [6.07, 6.45) is 0. The highest BCUT2D eigenvalue weighted by Gasteiger charge is 2.21. The fourth-order valence-corrected chi connectivity index (χ4v) is 4.46. The fraction of sp³-hybridized carbons (Fsp3) is 0.333. The first kappa shape index (κ1) is 15.2. The van der Waals surface area contributed by atoms with Gasteiger partial charge in [0.25, 0.3) is 0 Å². The van der Waals surface area contributed by atoms with Crippen LogP contribution in [0.15, 0.2) is 34.5 Å². The van der Waals surface area contributed by atoms with E-state index >= 15 is 0 Å². The molecule has 0 spiro atoms. The molecule has 0 aliphatic heterocycles. The standard InChI is InChI=1S/C15H19NO2S2/c1-10-8-12(3)15(9-11(10)2)20(17,18)16-13(4)14-6-5-7-19-14/h5-9,13,16H,1-4H3/t13-/m1/s1. The zero-order valence-electron chi connectivity index (χ0n) is 12.1. The number of aryl methyl sites for hydroxylation is 3. The molecule has 108 valence electrons. The summed E-state index contributed by atoms with van der Waals surface area (Å²) in [5.41, 5.74) is 2.87. The lowest BCUT2D eigenvalue weighted by Gasteiger charge is -2.15. The predicted octanol–water partition coefficient (Wildman–Crippen LogP) is 3.71. The molecular formula is C15H19NO2S2. The predicted molar refractivity (Wildman–Crippen MR) is 83.7 cm³/mol. The highest BCUT2D eigenvalue weighted by molar-refractivity contribution is 7.89. The minimum atomic E-state index is -3.50. The topological polar surface area (TPSA) is 46.2 Å². The molecule has 2 rings (SSSR count). The molecule has 1 atom stereocenters. The minimum absolute atomic E-state index is 0.221. The largest absolute Gasteiger partial charge is 0.241 e. The summed E-state index contributed by atoms with van der Waals surface area (Å²) in [6, 6.07) is 7.30. The third-order valence-electron chi connectivity index (χ3n) is 3.38. The van der Waals surface area contributed by atoms with Gasteiger partial charge in [-0.1, -0.05) is 12.1 Å². The molecule has 0 bridgehead atoms. The van der Waals surface area contributed by atoms with Gasteiger partial charge in [0.1, 0.15) is 0 Å². The van der Waals surface area contributed by atoms with E-state index in [-0.39, 0.29) is 6.04 Å². The third-order valence-corrected chi connectivity index (χ3v) is 6.12. The van der Waals surface area contributed by atoms with Crippen LogP contribution in [-0.4, -0.2) is 8.42 Å².